The summed E-state index contributed by atoms with van der Waals surface area (Å²) in [6, 6.07) is 8.91. The predicted molar refractivity (Wildman–Crippen MR) is 79.2 cm³/mol. The summed E-state index contributed by atoms with van der Waals surface area (Å²) in [4.78, 5) is 24.9. The van der Waals surface area contributed by atoms with E-state index < -0.39 is 0 Å². The third kappa shape index (κ3) is 2.05. The second-order valence-electron chi connectivity index (χ2n) is 5.52. The van der Waals surface area contributed by atoms with Crippen molar-refractivity contribution in [2.24, 2.45) is 0 Å². The Morgan fingerprint density at radius 3 is 2.95 bits per heavy atom. The predicted octanol–water partition coefficient (Wildman–Crippen LogP) is 1.36. The number of fused-ring (bicyclic) bond motifs is 3. The van der Waals surface area contributed by atoms with E-state index >= 15 is 0 Å². The van der Waals surface area contributed by atoms with E-state index in [1.54, 1.807) is 12.4 Å². The number of para-hydroxylation sites is 1. The van der Waals surface area contributed by atoms with Gasteiger partial charge in [-0.15, -0.1) is 0 Å². The smallest absolute Gasteiger partial charge is 0.274 e. The molecule has 0 N–H and O–H groups in total. The number of carbonyl (C=O) groups excluding carboxylic acids is 1. The Morgan fingerprint density at radius 1 is 1.19 bits per heavy atom. The number of nitrogens with zero attached hydrogens (tertiary/aromatic N) is 4. The SMILES string of the molecule is O=C(c1cnccn1)N1CCN2c3ccccc3CC2C1. The lowest BCUT2D eigenvalue weighted by Gasteiger charge is -2.38. The summed E-state index contributed by atoms with van der Waals surface area (Å²) in [7, 11) is 0. The molecule has 1 aromatic heterocycles. The molecule has 1 saturated heterocycles. The van der Waals surface area contributed by atoms with Gasteiger partial charge in [0.05, 0.1) is 12.2 Å². The van der Waals surface area contributed by atoms with Crippen LogP contribution in [0, 0.1) is 0 Å². The average Bonchev–Trinajstić information content (AvgIpc) is 2.92. The van der Waals surface area contributed by atoms with Gasteiger partial charge in [0.25, 0.3) is 5.91 Å². The Bertz CT molecular complexity index is 673. The second kappa shape index (κ2) is 4.84. The van der Waals surface area contributed by atoms with Crippen LogP contribution >= 0.6 is 0 Å². The lowest BCUT2D eigenvalue weighted by Crippen LogP contribution is -2.53. The molecule has 0 aliphatic carbocycles. The molecule has 0 saturated carbocycles. The Kier molecular flexibility index (Phi) is 2.84. The topological polar surface area (TPSA) is 49.3 Å². The van der Waals surface area contributed by atoms with Gasteiger partial charge in [0, 0.05) is 37.7 Å². The molecule has 2 aliphatic heterocycles. The molecule has 5 heteroatoms. The van der Waals surface area contributed by atoms with E-state index in [9.17, 15) is 4.79 Å². The normalized spacial score (nSPS) is 20.1. The molecule has 1 fully saturated rings. The van der Waals surface area contributed by atoms with E-state index in [0.717, 1.165) is 26.1 Å². The first kappa shape index (κ1) is 12.3. The monoisotopic (exact) mass is 280 g/mol. The van der Waals surface area contributed by atoms with E-state index in [0.29, 0.717) is 11.7 Å². The number of amides is 1. The van der Waals surface area contributed by atoms with Crippen molar-refractivity contribution in [1.82, 2.24) is 14.9 Å². The van der Waals surface area contributed by atoms with Crippen molar-refractivity contribution in [2.45, 2.75) is 12.5 Å². The first-order chi connectivity index (χ1) is 10.3. The Hall–Kier alpha value is -2.43. The molecule has 21 heavy (non-hydrogen) atoms. The quantitative estimate of drug-likeness (QED) is 0.791. The number of anilines is 1. The number of aromatic nitrogens is 2. The van der Waals surface area contributed by atoms with Crippen LogP contribution in [0.3, 0.4) is 0 Å². The van der Waals surface area contributed by atoms with Gasteiger partial charge in [0.2, 0.25) is 0 Å². The van der Waals surface area contributed by atoms with E-state index in [-0.39, 0.29) is 5.91 Å². The van der Waals surface area contributed by atoms with Crippen molar-refractivity contribution in [1.29, 1.82) is 0 Å². The largest absolute Gasteiger partial charge is 0.364 e. The highest BCUT2D eigenvalue weighted by Crippen LogP contribution is 2.33. The first-order valence-electron chi connectivity index (χ1n) is 7.23. The summed E-state index contributed by atoms with van der Waals surface area (Å²) in [5.41, 5.74) is 3.15. The average molecular weight is 280 g/mol. The molecule has 1 atom stereocenters. The van der Waals surface area contributed by atoms with Gasteiger partial charge in [-0.3, -0.25) is 9.78 Å². The van der Waals surface area contributed by atoms with Crippen LogP contribution in [0.25, 0.3) is 0 Å². The number of piperazine rings is 1. The van der Waals surface area contributed by atoms with Gasteiger partial charge in [0.1, 0.15) is 5.69 Å². The molecule has 106 valence electrons. The van der Waals surface area contributed by atoms with Crippen LogP contribution in [-0.4, -0.2) is 46.5 Å². The molecule has 0 bridgehead atoms. The maximum atomic E-state index is 12.5. The Morgan fingerprint density at radius 2 is 2.10 bits per heavy atom. The van der Waals surface area contributed by atoms with Gasteiger partial charge in [-0.05, 0) is 18.1 Å². The molecular weight excluding hydrogens is 264 g/mol. The van der Waals surface area contributed by atoms with E-state index in [1.807, 2.05) is 4.90 Å². The number of hydrogen-bond donors (Lipinski definition) is 0. The van der Waals surface area contributed by atoms with Crippen LogP contribution in [0.15, 0.2) is 42.9 Å². The standard InChI is InChI=1S/C16H16N4O/c21-16(14-10-17-5-6-18-14)19-7-8-20-13(11-19)9-12-3-1-2-4-15(12)20/h1-6,10,13H,7-9,11H2. The zero-order chi connectivity index (χ0) is 14.2. The molecule has 1 aromatic carbocycles. The van der Waals surface area contributed by atoms with Crippen LogP contribution in [-0.2, 0) is 6.42 Å². The fraction of sp³-hybridized carbons (Fsp3) is 0.312. The van der Waals surface area contributed by atoms with Crippen molar-refractivity contribution in [2.75, 3.05) is 24.5 Å². The van der Waals surface area contributed by atoms with Crippen molar-refractivity contribution < 1.29 is 4.79 Å². The summed E-state index contributed by atoms with van der Waals surface area (Å²) in [5, 5.41) is 0. The van der Waals surface area contributed by atoms with Crippen LogP contribution in [0.4, 0.5) is 5.69 Å². The molecule has 2 aromatic rings. The van der Waals surface area contributed by atoms with Crippen molar-refractivity contribution >= 4 is 11.6 Å². The number of benzene rings is 1. The van der Waals surface area contributed by atoms with Crippen molar-refractivity contribution in [3.8, 4) is 0 Å². The maximum absolute atomic E-state index is 12.5. The minimum atomic E-state index is -0.0151. The summed E-state index contributed by atoms with van der Waals surface area (Å²) < 4.78 is 0. The van der Waals surface area contributed by atoms with Gasteiger partial charge >= 0.3 is 0 Å². The summed E-state index contributed by atoms with van der Waals surface area (Å²) in [5.74, 6) is -0.0151. The lowest BCUT2D eigenvalue weighted by atomic mass is 10.1. The van der Waals surface area contributed by atoms with E-state index in [1.165, 1.54) is 17.4 Å². The molecule has 1 unspecified atom stereocenters. The van der Waals surface area contributed by atoms with Gasteiger partial charge in [-0.2, -0.15) is 0 Å². The molecule has 1 amide bonds. The third-order valence-electron chi connectivity index (χ3n) is 4.31. The highest BCUT2D eigenvalue weighted by atomic mass is 16.2. The van der Waals surface area contributed by atoms with Gasteiger partial charge in [-0.1, -0.05) is 18.2 Å². The fourth-order valence-corrected chi connectivity index (χ4v) is 3.32. The minimum Gasteiger partial charge on any atom is -0.364 e. The molecule has 0 spiro atoms. The fourth-order valence-electron chi connectivity index (χ4n) is 3.32. The molecule has 0 radical (unpaired) electrons. The summed E-state index contributed by atoms with van der Waals surface area (Å²) in [6.07, 6.45) is 5.70. The van der Waals surface area contributed by atoms with Crippen molar-refractivity contribution in [3.05, 3.63) is 54.1 Å². The third-order valence-corrected chi connectivity index (χ3v) is 4.31. The van der Waals surface area contributed by atoms with E-state index in [4.69, 9.17) is 0 Å². The summed E-state index contributed by atoms with van der Waals surface area (Å²) in [6.45, 7) is 2.37. The molecule has 2 aliphatic rings. The molecule has 5 nitrogen and oxygen atoms in total. The zero-order valence-electron chi connectivity index (χ0n) is 11.6. The van der Waals surface area contributed by atoms with Gasteiger partial charge in [-0.25, -0.2) is 4.98 Å². The highest BCUT2D eigenvalue weighted by Gasteiger charge is 2.35. The van der Waals surface area contributed by atoms with Crippen LogP contribution in [0.5, 0.6) is 0 Å². The molecule has 3 heterocycles. The minimum absolute atomic E-state index is 0.0151. The van der Waals surface area contributed by atoms with Gasteiger partial charge in [0.15, 0.2) is 0 Å². The van der Waals surface area contributed by atoms with Crippen LogP contribution in [0.2, 0.25) is 0 Å². The number of rotatable bonds is 1. The van der Waals surface area contributed by atoms with Gasteiger partial charge < -0.3 is 9.80 Å². The van der Waals surface area contributed by atoms with Crippen LogP contribution < -0.4 is 4.90 Å². The highest BCUT2D eigenvalue weighted by molar-refractivity contribution is 5.92. The molecular formula is C16H16N4O. The maximum Gasteiger partial charge on any atom is 0.274 e. The first-order valence-corrected chi connectivity index (χ1v) is 7.23. The number of hydrogen-bond acceptors (Lipinski definition) is 4. The second-order valence-corrected chi connectivity index (χ2v) is 5.52. The zero-order valence-corrected chi connectivity index (χ0v) is 11.6. The lowest BCUT2D eigenvalue weighted by molar-refractivity contribution is 0.0719. The Labute approximate surface area is 123 Å². The van der Waals surface area contributed by atoms with Crippen molar-refractivity contribution in [3.63, 3.8) is 0 Å². The van der Waals surface area contributed by atoms with Crippen LogP contribution in [0.1, 0.15) is 16.1 Å². The van der Waals surface area contributed by atoms with E-state index in [2.05, 4.69) is 39.1 Å². The number of carbonyl (C=O) groups is 1. The summed E-state index contributed by atoms with van der Waals surface area (Å²) >= 11 is 0. The molecule has 4 rings (SSSR count). The Balaban J connectivity index is 1.53.